The van der Waals surface area contributed by atoms with Crippen molar-refractivity contribution in [3.05, 3.63) is 59.7 Å². The fourth-order valence-corrected chi connectivity index (χ4v) is 4.26. The summed E-state index contributed by atoms with van der Waals surface area (Å²) in [7, 11) is 0. The summed E-state index contributed by atoms with van der Waals surface area (Å²) in [4.78, 5) is 12.7. The van der Waals surface area contributed by atoms with Crippen molar-refractivity contribution in [2.75, 3.05) is 5.75 Å². The molecule has 24 heavy (non-hydrogen) atoms. The van der Waals surface area contributed by atoms with Crippen LogP contribution in [-0.4, -0.2) is 27.3 Å². The maximum atomic E-state index is 12.7. The number of hydrogen-bond acceptors (Lipinski definition) is 3. The molecule has 5 heteroatoms. The van der Waals surface area contributed by atoms with Crippen LogP contribution in [0.25, 0.3) is 11.0 Å². The second-order valence-electron chi connectivity index (χ2n) is 6.22. The number of fused-ring (bicyclic) bond motifs is 3. The molecular weight excluding hydrogens is 320 g/mol. The molecule has 3 aromatic rings. The van der Waals surface area contributed by atoms with Crippen LogP contribution in [0.15, 0.2) is 53.7 Å². The molecule has 0 radical (unpaired) electrons. The molecule has 2 heterocycles. The number of nitrogens with zero attached hydrogens (tertiary/aromatic N) is 2. The largest absolute Gasteiger partial charge is 0.388 e. The molecule has 4 rings (SSSR count). The number of imidazole rings is 1. The standard InChI is InChI=1S/C19H19N2O2S/c1-13-6-8-14(9-7-13)18(23)11-21-17-5-3-2-4-16(17)20-10-15(22)12-24-19(20)21/h2-9,15,22H,10-12H2,1H3/q+1/t15-/m1/s1. The van der Waals surface area contributed by atoms with Crippen molar-refractivity contribution in [1.29, 1.82) is 0 Å². The summed E-state index contributed by atoms with van der Waals surface area (Å²) in [6.07, 6.45) is -0.348. The Morgan fingerprint density at radius 3 is 2.79 bits per heavy atom. The summed E-state index contributed by atoms with van der Waals surface area (Å²) in [5, 5.41) is 11.0. The highest BCUT2D eigenvalue weighted by atomic mass is 32.2. The van der Waals surface area contributed by atoms with E-state index in [1.807, 2.05) is 55.5 Å². The van der Waals surface area contributed by atoms with Gasteiger partial charge in [0.15, 0.2) is 17.6 Å². The van der Waals surface area contributed by atoms with Crippen molar-refractivity contribution in [2.45, 2.75) is 31.3 Å². The molecule has 1 aliphatic heterocycles. The second-order valence-corrected chi connectivity index (χ2v) is 7.21. The summed E-state index contributed by atoms with van der Waals surface area (Å²) in [6.45, 7) is 2.91. The Balaban J connectivity index is 1.76. The third-order valence-electron chi connectivity index (χ3n) is 4.40. The van der Waals surface area contributed by atoms with E-state index < -0.39 is 0 Å². The van der Waals surface area contributed by atoms with Gasteiger partial charge >= 0.3 is 5.16 Å². The van der Waals surface area contributed by atoms with Crippen LogP contribution in [0.4, 0.5) is 0 Å². The molecule has 0 unspecified atom stereocenters. The zero-order chi connectivity index (χ0) is 16.7. The molecule has 0 spiro atoms. The number of thioether (sulfide) groups is 1. The van der Waals surface area contributed by atoms with Crippen LogP contribution in [0.3, 0.4) is 0 Å². The average Bonchev–Trinajstić information content (AvgIpc) is 2.89. The number of benzene rings is 2. The highest BCUT2D eigenvalue weighted by molar-refractivity contribution is 7.99. The van der Waals surface area contributed by atoms with Gasteiger partial charge in [-0.1, -0.05) is 42.0 Å². The predicted octanol–water partition coefficient (Wildman–Crippen LogP) is 2.59. The molecule has 122 valence electrons. The van der Waals surface area contributed by atoms with Crippen molar-refractivity contribution >= 4 is 28.6 Å². The number of carbonyl (C=O) groups is 1. The molecular formula is C19H19N2O2S+. The number of hydrogen-bond donors (Lipinski definition) is 1. The third kappa shape index (κ3) is 2.64. The maximum absolute atomic E-state index is 12.7. The first-order chi connectivity index (χ1) is 11.6. The molecule has 0 saturated heterocycles. The highest BCUT2D eigenvalue weighted by Gasteiger charge is 2.32. The predicted molar refractivity (Wildman–Crippen MR) is 94.4 cm³/mol. The first-order valence-corrected chi connectivity index (χ1v) is 9.04. The number of carbonyl (C=O) groups excluding carboxylic acids is 1. The monoisotopic (exact) mass is 339 g/mol. The molecule has 1 aliphatic rings. The first-order valence-electron chi connectivity index (χ1n) is 8.05. The van der Waals surface area contributed by atoms with Gasteiger partial charge in [-0.15, -0.1) is 0 Å². The molecule has 0 fully saturated rings. The summed E-state index contributed by atoms with van der Waals surface area (Å²) in [6, 6.07) is 15.8. The summed E-state index contributed by atoms with van der Waals surface area (Å²) < 4.78 is 4.20. The van der Waals surface area contributed by atoms with E-state index >= 15 is 0 Å². The Labute approximate surface area is 144 Å². The second kappa shape index (κ2) is 6.07. The number of para-hydroxylation sites is 2. The van der Waals surface area contributed by atoms with Crippen molar-refractivity contribution < 1.29 is 14.5 Å². The summed E-state index contributed by atoms with van der Waals surface area (Å²) in [5.74, 6) is 0.764. The van der Waals surface area contributed by atoms with Crippen LogP contribution in [0.1, 0.15) is 15.9 Å². The average molecular weight is 339 g/mol. The maximum Gasteiger partial charge on any atom is 0.319 e. The number of ketones is 1. The van der Waals surface area contributed by atoms with E-state index in [0.717, 1.165) is 27.3 Å². The van der Waals surface area contributed by atoms with Gasteiger partial charge in [0.1, 0.15) is 12.6 Å². The van der Waals surface area contributed by atoms with Crippen molar-refractivity contribution in [1.82, 2.24) is 4.57 Å². The fourth-order valence-electron chi connectivity index (χ4n) is 3.17. The number of aliphatic hydroxyl groups is 1. The van der Waals surface area contributed by atoms with Gasteiger partial charge in [-0.05, 0) is 30.8 Å². The van der Waals surface area contributed by atoms with E-state index in [-0.39, 0.29) is 11.9 Å². The lowest BCUT2D eigenvalue weighted by Crippen LogP contribution is -2.45. The van der Waals surface area contributed by atoms with Gasteiger partial charge in [-0.2, -0.15) is 0 Å². The lowest BCUT2D eigenvalue weighted by Gasteiger charge is -2.14. The number of aromatic nitrogens is 2. The van der Waals surface area contributed by atoms with E-state index in [0.29, 0.717) is 18.8 Å². The van der Waals surface area contributed by atoms with Gasteiger partial charge in [-0.25, -0.2) is 9.13 Å². The van der Waals surface area contributed by atoms with Crippen LogP contribution in [0.2, 0.25) is 0 Å². The normalized spacial score (nSPS) is 17.0. The quantitative estimate of drug-likeness (QED) is 0.589. The van der Waals surface area contributed by atoms with E-state index in [1.165, 1.54) is 0 Å². The van der Waals surface area contributed by atoms with E-state index in [2.05, 4.69) is 9.13 Å². The first kappa shape index (κ1) is 15.4. The minimum atomic E-state index is -0.348. The smallest absolute Gasteiger partial charge is 0.319 e. The number of aryl methyl sites for hydroxylation is 1. The van der Waals surface area contributed by atoms with Crippen LogP contribution in [-0.2, 0) is 13.1 Å². The Hall–Kier alpha value is -2.11. The van der Waals surface area contributed by atoms with Crippen LogP contribution >= 0.6 is 11.8 Å². The van der Waals surface area contributed by atoms with Crippen molar-refractivity contribution in [2.24, 2.45) is 0 Å². The topological polar surface area (TPSA) is 46.1 Å². The van der Waals surface area contributed by atoms with Crippen LogP contribution in [0.5, 0.6) is 0 Å². The summed E-state index contributed by atoms with van der Waals surface area (Å²) >= 11 is 1.61. The molecule has 2 aromatic carbocycles. The minimum absolute atomic E-state index is 0.103. The van der Waals surface area contributed by atoms with Gasteiger partial charge < -0.3 is 5.11 Å². The Morgan fingerprint density at radius 1 is 1.25 bits per heavy atom. The van der Waals surface area contributed by atoms with E-state index in [9.17, 15) is 9.90 Å². The van der Waals surface area contributed by atoms with Gasteiger partial charge in [0.25, 0.3) is 0 Å². The van der Waals surface area contributed by atoms with Crippen LogP contribution < -0.4 is 4.57 Å². The third-order valence-corrected chi connectivity index (χ3v) is 5.65. The van der Waals surface area contributed by atoms with Gasteiger partial charge in [0.2, 0.25) is 5.78 Å². The Bertz CT molecular complexity index is 915. The van der Waals surface area contributed by atoms with E-state index in [1.54, 1.807) is 11.8 Å². The van der Waals surface area contributed by atoms with Crippen molar-refractivity contribution in [3.63, 3.8) is 0 Å². The highest BCUT2D eigenvalue weighted by Crippen LogP contribution is 2.27. The number of aliphatic hydroxyl groups excluding tert-OH is 1. The Kier molecular flexibility index (Phi) is 3.90. The summed E-state index contributed by atoms with van der Waals surface area (Å²) in [5.41, 5.74) is 3.98. The Morgan fingerprint density at radius 2 is 2.00 bits per heavy atom. The van der Waals surface area contributed by atoms with E-state index in [4.69, 9.17) is 0 Å². The van der Waals surface area contributed by atoms with Gasteiger partial charge in [0.05, 0.1) is 0 Å². The van der Waals surface area contributed by atoms with Gasteiger partial charge in [-0.3, -0.25) is 4.79 Å². The SMILES string of the molecule is Cc1ccc(C(=O)Cn2c3[n+](c4ccccc42)C[C@@H](O)CS3)cc1. The van der Waals surface area contributed by atoms with Gasteiger partial charge in [0, 0.05) is 11.3 Å². The number of rotatable bonds is 3. The lowest BCUT2D eigenvalue weighted by molar-refractivity contribution is -0.717. The van der Waals surface area contributed by atoms with Crippen molar-refractivity contribution in [3.8, 4) is 0 Å². The van der Waals surface area contributed by atoms with Crippen LogP contribution in [0, 0.1) is 6.92 Å². The zero-order valence-electron chi connectivity index (χ0n) is 13.5. The minimum Gasteiger partial charge on any atom is -0.388 e. The molecule has 4 nitrogen and oxygen atoms in total. The molecule has 0 bridgehead atoms. The molecule has 1 N–H and O–H groups in total. The molecule has 0 aliphatic carbocycles. The fraction of sp³-hybridized carbons (Fsp3) is 0.263. The lowest BCUT2D eigenvalue weighted by atomic mass is 10.1. The molecule has 0 saturated carbocycles. The number of Topliss-reactive ketones (excluding diaryl/α,β-unsaturated/α-hetero) is 1. The molecule has 1 aromatic heterocycles. The molecule has 1 atom stereocenters. The zero-order valence-corrected chi connectivity index (χ0v) is 14.3. The molecule has 0 amide bonds.